The number of hydrogen-bond donors (Lipinski definition) is 1. The number of fused-ring (bicyclic) bond motifs is 1. The molecule has 4 rings (SSSR count). The molecule has 0 saturated heterocycles. The lowest BCUT2D eigenvalue weighted by atomic mass is 9.95. The van der Waals surface area contributed by atoms with E-state index in [0.29, 0.717) is 22.8 Å². The van der Waals surface area contributed by atoms with E-state index in [-0.39, 0.29) is 6.10 Å². The highest BCUT2D eigenvalue weighted by molar-refractivity contribution is 5.92. The zero-order valence-electron chi connectivity index (χ0n) is 13.9. The zero-order valence-corrected chi connectivity index (χ0v) is 13.9. The molecule has 2 heterocycles. The van der Waals surface area contributed by atoms with Gasteiger partial charge in [-0.15, -0.1) is 0 Å². The maximum Gasteiger partial charge on any atom is 0.338 e. The molecule has 1 unspecified atom stereocenters. The fourth-order valence-corrected chi connectivity index (χ4v) is 3.56. The lowest BCUT2D eigenvalue weighted by molar-refractivity contribution is -0.144. The summed E-state index contributed by atoms with van der Waals surface area (Å²) in [5.41, 5.74) is 1.35. The number of halogens is 1. The van der Waals surface area contributed by atoms with E-state index >= 15 is 0 Å². The maximum atomic E-state index is 14.5. The highest BCUT2D eigenvalue weighted by atomic mass is 19.1. The Morgan fingerprint density at radius 3 is 2.84 bits per heavy atom. The van der Waals surface area contributed by atoms with Gasteiger partial charge in [0.25, 0.3) is 0 Å². The molecule has 0 bridgehead atoms. The second-order valence-corrected chi connectivity index (χ2v) is 6.43. The monoisotopic (exact) mass is 342 g/mol. The Morgan fingerprint density at radius 1 is 1.32 bits per heavy atom. The van der Waals surface area contributed by atoms with Crippen LogP contribution in [0.2, 0.25) is 0 Å². The molecule has 1 aliphatic carbocycles. The number of carbonyl (C=O) groups excluding carboxylic acids is 1. The third kappa shape index (κ3) is 2.79. The predicted octanol–water partition coefficient (Wildman–Crippen LogP) is 3.19. The lowest BCUT2D eigenvalue weighted by Gasteiger charge is -2.29. The molecule has 130 valence electrons. The summed E-state index contributed by atoms with van der Waals surface area (Å²) in [7, 11) is 0. The minimum Gasteiger partial charge on any atom is -0.459 e. The van der Waals surface area contributed by atoms with Crippen molar-refractivity contribution in [1.82, 2.24) is 14.8 Å². The van der Waals surface area contributed by atoms with Gasteiger partial charge < -0.3 is 10.1 Å². The van der Waals surface area contributed by atoms with Crippen molar-refractivity contribution in [3.05, 3.63) is 53.2 Å². The van der Waals surface area contributed by atoms with Gasteiger partial charge in [-0.2, -0.15) is 10.1 Å². The molecule has 2 aromatic rings. The van der Waals surface area contributed by atoms with Crippen LogP contribution in [0.5, 0.6) is 0 Å². The average Bonchev–Trinajstić information content (AvgIpc) is 3.25. The first kappa shape index (κ1) is 15.8. The number of nitrogens with one attached hydrogen (secondary N) is 1. The molecule has 6 nitrogen and oxygen atoms in total. The molecule has 1 N–H and O–H groups in total. The van der Waals surface area contributed by atoms with Crippen LogP contribution < -0.4 is 5.32 Å². The first-order valence-electron chi connectivity index (χ1n) is 8.48. The summed E-state index contributed by atoms with van der Waals surface area (Å²) in [6, 6.07) is 5.70. The van der Waals surface area contributed by atoms with E-state index in [0.717, 1.165) is 25.7 Å². The number of hydrogen-bond acceptors (Lipinski definition) is 5. The molecule has 1 saturated carbocycles. The van der Waals surface area contributed by atoms with Gasteiger partial charge in [0.05, 0.1) is 5.57 Å². The van der Waals surface area contributed by atoms with Crippen LogP contribution in [0.25, 0.3) is 0 Å². The molecule has 1 aromatic carbocycles. The molecule has 1 atom stereocenters. The molecular weight excluding hydrogens is 323 g/mol. The number of nitrogens with zero attached hydrogens (tertiary/aromatic N) is 3. The molecule has 1 aliphatic heterocycles. The van der Waals surface area contributed by atoms with Crippen molar-refractivity contribution in [3.8, 4) is 0 Å². The Hall–Kier alpha value is -2.70. The van der Waals surface area contributed by atoms with Gasteiger partial charge in [-0.05, 0) is 38.7 Å². The van der Waals surface area contributed by atoms with E-state index in [4.69, 9.17) is 4.74 Å². The van der Waals surface area contributed by atoms with Crippen LogP contribution in [0, 0.1) is 5.82 Å². The third-order valence-corrected chi connectivity index (χ3v) is 4.79. The second kappa shape index (κ2) is 6.31. The van der Waals surface area contributed by atoms with Crippen LogP contribution in [0.3, 0.4) is 0 Å². The Kier molecular flexibility index (Phi) is 3.99. The highest BCUT2D eigenvalue weighted by Crippen LogP contribution is 2.37. The summed E-state index contributed by atoms with van der Waals surface area (Å²) < 4.78 is 21.7. The molecular formula is C18H19FN4O2. The smallest absolute Gasteiger partial charge is 0.338 e. The van der Waals surface area contributed by atoms with Crippen LogP contribution in [0.1, 0.15) is 44.2 Å². The quantitative estimate of drug-likeness (QED) is 0.868. The minimum absolute atomic E-state index is 0.0637. The van der Waals surface area contributed by atoms with Crippen molar-refractivity contribution in [3.63, 3.8) is 0 Å². The fourth-order valence-electron chi connectivity index (χ4n) is 3.56. The molecule has 7 heteroatoms. The molecule has 0 spiro atoms. The maximum absolute atomic E-state index is 14.5. The van der Waals surface area contributed by atoms with Gasteiger partial charge in [-0.1, -0.05) is 18.2 Å². The van der Waals surface area contributed by atoms with E-state index in [9.17, 15) is 9.18 Å². The topological polar surface area (TPSA) is 69.0 Å². The van der Waals surface area contributed by atoms with Crippen molar-refractivity contribution < 1.29 is 13.9 Å². The van der Waals surface area contributed by atoms with Crippen molar-refractivity contribution >= 4 is 11.9 Å². The van der Waals surface area contributed by atoms with Crippen LogP contribution in [-0.4, -0.2) is 26.8 Å². The van der Waals surface area contributed by atoms with E-state index in [1.165, 1.54) is 17.1 Å². The van der Waals surface area contributed by atoms with Gasteiger partial charge in [0.2, 0.25) is 5.95 Å². The third-order valence-electron chi connectivity index (χ3n) is 4.79. The van der Waals surface area contributed by atoms with Gasteiger partial charge in [0.15, 0.2) is 0 Å². The van der Waals surface area contributed by atoms with Crippen LogP contribution in [0.4, 0.5) is 10.3 Å². The standard InChI is InChI=1S/C18H19FN4O2/c1-11-15(17(24)25-12-6-2-3-7-12)16(13-8-4-5-9-14(13)19)23-18(22-11)20-10-21-23/h4-5,8-10,12,16H,2-3,6-7H2,1H3,(H,20,21,22). The summed E-state index contributed by atoms with van der Waals surface area (Å²) in [4.78, 5) is 17.0. The number of rotatable bonds is 3. The Bertz CT molecular complexity index is 839. The van der Waals surface area contributed by atoms with Gasteiger partial charge in [0.1, 0.15) is 24.3 Å². The first-order valence-corrected chi connectivity index (χ1v) is 8.48. The van der Waals surface area contributed by atoms with Crippen molar-refractivity contribution in [2.45, 2.75) is 44.8 Å². The Labute approximate surface area is 144 Å². The molecule has 1 fully saturated rings. The SMILES string of the molecule is CC1=C(C(=O)OC2CCCC2)C(c2ccccc2F)n2ncnc2N1. The van der Waals surface area contributed by atoms with Crippen molar-refractivity contribution in [2.24, 2.45) is 0 Å². The van der Waals surface area contributed by atoms with Crippen LogP contribution >= 0.6 is 0 Å². The second-order valence-electron chi connectivity index (χ2n) is 6.43. The number of carbonyl (C=O) groups is 1. The fraction of sp³-hybridized carbons (Fsp3) is 0.389. The van der Waals surface area contributed by atoms with Gasteiger partial charge >= 0.3 is 5.97 Å². The predicted molar refractivity (Wildman–Crippen MR) is 89.2 cm³/mol. The first-order chi connectivity index (χ1) is 12.1. The normalized spacial score (nSPS) is 20.3. The summed E-state index contributed by atoms with van der Waals surface area (Å²) in [5.74, 6) is -0.343. The minimum atomic E-state index is -0.700. The number of anilines is 1. The van der Waals surface area contributed by atoms with Crippen LogP contribution in [-0.2, 0) is 9.53 Å². The van der Waals surface area contributed by atoms with E-state index in [1.54, 1.807) is 25.1 Å². The lowest BCUT2D eigenvalue weighted by Crippen LogP contribution is -2.31. The zero-order chi connectivity index (χ0) is 17.4. The summed E-state index contributed by atoms with van der Waals surface area (Å²) >= 11 is 0. The van der Waals surface area contributed by atoms with Gasteiger partial charge in [-0.3, -0.25) is 0 Å². The van der Waals surface area contributed by atoms with E-state index < -0.39 is 17.8 Å². The molecule has 2 aliphatic rings. The summed E-state index contributed by atoms with van der Waals surface area (Å²) in [6.07, 6.45) is 5.21. The van der Waals surface area contributed by atoms with Crippen LogP contribution in [0.15, 0.2) is 41.9 Å². The number of esters is 1. The molecule has 25 heavy (non-hydrogen) atoms. The van der Waals surface area contributed by atoms with E-state index in [2.05, 4.69) is 15.4 Å². The Morgan fingerprint density at radius 2 is 2.08 bits per heavy atom. The van der Waals surface area contributed by atoms with Crippen molar-refractivity contribution in [1.29, 1.82) is 0 Å². The number of aromatic nitrogens is 3. The average molecular weight is 342 g/mol. The molecule has 1 aromatic heterocycles. The summed E-state index contributed by atoms with van der Waals surface area (Å²) in [5, 5.41) is 7.25. The summed E-state index contributed by atoms with van der Waals surface area (Å²) in [6.45, 7) is 1.78. The van der Waals surface area contributed by atoms with E-state index in [1.807, 2.05) is 0 Å². The van der Waals surface area contributed by atoms with Gasteiger partial charge in [0, 0.05) is 11.3 Å². The molecule has 0 amide bonds. The molecule has 0 radical (unpaired) electrons. The number of allylic oxidation sites excluding steroid dienone is 1. The number of benzene rings is 1. The van der Waals surface area contributed by atoms with Crippen molar-refractivity contribution in [2.75, 3.05) is 5.32 Å². The highest BCUT2D eigenvalue weighted by Gasteiger charge is 2.36. The largest absolute Gasteiger partial charge is 0.459 e. The van der Waals surface area contributed by atoms with Gasteiger partial charge in [-0.25, -0.2) is 13.9 Å². The Balaban J connectivity index is 1.76. The number of ether oxygens (including phenoxy) is 1.